The van der Waals surface area contributed by atoms with Crippen LogP contribution < -0.4 is 5.32 Å². The molecule has 1 N–H and O–H groups in total. The van der Waals surface area contributed by atoms with Gasteiger partial charge in [0.05, 0.1) is 6.61 Å². The van der Waals surface area contributed by atoms with Crippen molar-refractivity contribution in [2.24, 2.45) is 5.92 Å². The molecular formula is C16H29NO4. The highest BCUT2D eigenvalue weighted by Gasteiger charge is 2.27. The van der Waals surface area contributed by atoms with Crippen molar-refractivity contribution in [3.63, 3.8) is 0 Å². The Morgan fingerprint density at radius 1 is 1.19 bits per heavy atom. The van der Waals surface area contributed by atoms with Gasteiger partial charge >= 0.3 is 12.1 Å². The van der Waals surface area contributed by atoms with Crippen LogP contribution in [0.3, 0.4) is 0 Å². The molecule has 0 aliphatic rings. The molecule has 0 fully saturated rings. The third-order valence-electron chi connectivity index (χ3n) is 3.31. The predicted molar refractivity (Wildman–Crippen MR) is 83.0 cm³/mol. The van der Waals surface area contributed by atoms with Gasteiger partial charge in [0.15, 0.2) is 0 Å². The fourth-order valence-electron chi connectivity index (χ4n) is 1.76. The molecule has 0 aromatic heterocycles. The van der Waals surface area contributed by atoms with Crippen molar-refractivity contribution < 1.29 is 19.1 Å². The minimum atomic E-state index is -0.668. The molecule has 0 aromatic carbocycles. The number of hydrogen-bond donors (Lipinski definition) is 1. The summed E-state index contributed by atoms with van der Waals surface area (Å²) < 4.78 is 10.1. The Bertz CT molecular complexity index is 317. The van der Waals surface area contributed by atoms with Gasteiger partial charge in [0.1, 0.15) is 12.6 Å². The summed E-state index contributed by atoms with van der Waals surface area (Å²) in [4.78, 5) is 23.6. The number of rotatable bonds is 11. The Labute approximate surface area is 128 Å². The minimum absolute atomic E-state index is 0.00979. The SMILES string of the molecule is C=CCOC(=O)NC(C(=O)OCCCCCC)C(C)CC. The molecule has 0 bridgehead atoms. The molecule has 2 atom stereocenters. The van der Waals surface area contributed by atoms with Gasteiger partial charge in [0.25, 0.3) is 0 Å². The molecule has 0 aromatic rings. The highest BCUT2D eigenvalue weighted by molar-refractivity contribution is 5.81. The van der Waals surface area contributed by atoms with Crippen LogP contribution in [0.25, 0.3) is 0 Å². The van der Waals surface area contributed by atoms with Crippen LogP contribution in [0.4, 0.5) is 4.79 Å². The lowest BCUT2D eigenvalue weighted by molar-refractivity contribution is -0.147. The summed E-state index contributed by atoms with van der Waals surface area (Å²) >= 11 is 0. The molecule has 5 nitrogen and oxygen atoms in total. The van der Waals surface area contributed by atoms with E-state index < -0.39 is 18.1 Å². The summed E-state index contributed by atoms with van der Waals surface area (Å²) in [5, 5.41) is 2.57. The van der Waals surface area contributed by atoms with Crippen molar-refractivity contribution >= 4 is 12.1 Å². The molecule has 0 heterocycles. The van der Waals surface area contributed by atoms with E-state index in [-0.39, 0.29) is 12.5 Å². The topological polar surface area (TPSA) is 64.6 Å². The molecule has 5 heteroatoms. The predicted octanol–water partition coefficient (Wildman–Crippen LogP) is 3.44. The summed E-state index contributed by atoms with van der Waals surface area (Å²) in [7, 11) is 0. The van der Waals surface area contributed by atoms with Gasteiger partial charge in [-0.05, 0) is 12.3 Å². The first-order valence-electron chi connectivity index (χ1n) is 7.77. The number of hydrogen-bond acceptors (Lipinski definition) is 4. The fraction of sp³-hybridized carbons (Fsp3) is 0.750. The molecule has 0 rings (SSSR count). The fourth-order valence-corrected chi connectivity index (χ4v) is 1.76. The van der Waals surface area contributed by atoms with E-state index in [0.29, 0.717) is 6.61 Å². The molecule has 0 spiro atoms. The highest BCUT2D eigenvalue weighted by Crippen LogP contribution is 2.10. The Morgan fingerprint density at radius 2 is 1.90 bits per heavy atom. The smallest absolute Gasteiger partial charge is 0.408 e. The van der Waals surface area contributed by atoms with E-state index in [9.17, 15) is 9.59 Å². The molecule has 0 aliphatic heterocycles. The molecule has 0 aliphatic carbocycles. The number of unbranched alkanes of at least 4 members (excludes halogenated alkanes) is 3. The zero-order chi connectivity index (χ0) is 16.1. The van der Waals surface area contributed by atoms with E-state index in [1.165, 1.54) is 6.08 Å². The van der Waals surface area contributed by atoms with E-state index in [1.54, 1.807) is 0 Å². The van der Waals surface area contributed by atoms with Gasteiger partial charge in [-0.1, -0.05) is 59.1 Å². The Morgan fingerprint density at radius 3 is 2.48 bits per heavy atom. The summed E-state index contributed by atoms with van der Waals surface area (Å²) in [5.41, 5.74) is 0. The van der Waals surface area contributed by atoms with E-state index in [2.05, 4.69) is 18.8 Å². The second kappa shape index (κ2) is 12.2. The third-order valence-corrected chi connectivity index (χ3v) is 3.31. The molecule has 2 unspecified atom stereocenters. The first-order valence-corrected chi connectivity index (χ1v) is 7.77. The maximum atomic E-state index is 12.1. The maximum Gasteiger partial charge on any atom is 0.408 e. The molecular weight excluding hydrogens is 270 g/mol. The summed E-state index contributed by atoms with van der Waals surface area (Å²) in [6.07, 6.45) is 5.79. The van der Waals surface area contributed by atoms with Crippen LogP contribution in [0.15, 0.2) is 12.7 Å². The van der Waals surface area contributed by atoms with Gasteiger partial charge in [0, 0.05) is 0 Å². The van der Waals surface area contributed by atoms with Gasteiger partial charge in [0.2, 0.25) is 0 Å². The third kappa shape index (κ3) is 9.10. The van der Waals surface area contributed by atoms with Crippen molar-refractivity contribution in [2.45, 2.75) is 58.9 Å². The normalized spacial score (nSPS) is 13.1. The van der Waals surface area contributed by atoms with Crippen LogP contribution in [0.2, 0.25) is 0 Å². The monoisotopic (exact) mass is 299 g/mol. The van der Waals surface area contributed by atoms with E-state index in [1.807, 2.05) is 13.8 Å². The second-order valence-electron chi connectivity index (χ2n) is 5.12. The van der Waals surface area contributed by atoms with Gasteiger partial charge in [-0.3, -0.25) is 0 Å². The first kappa shape index (κ1) is 19.5. The van der Waals surface area contributed by atoms with Gasteiger partial charge in [-0.15, -0.1) is 0 Å². The quantitative estimate of drug-likeness (QED) is 0.360. The van der Waals surface area contributed by atoms with Crippen LogP contribution in [0.5, 0.6) is 0 Å². The standard InChI is InChI=1S/C16H29NO4/c1-5-8-9-10-12-20-15(18)14(13(4)7-3)17-16(19)21-11-6-2/h6,13-14H,2,5,7-12H2,1,3-4H3,(H,17,19). The lowest BCUT2D eigenvalue weighted by Gasteiger charge is -2.22. The molecule has 0 radical (unpaired) electrons. The van der Waals surface area contributed by atoms with Crippen molar-refractivity contribution in [3.8, 4) is 0 Å². The number of carbonyl (C=O) groups is 2. The second-order valence-corrected chi connectivity index (χ2v) is 5.12. The lowest BCUT2D eigenvalue weighted by atomic mass is 9.99. The minimum Gasteiger partial charge on any atom is -0.464 e. The Kier molecular flexibility index (Phi) is 11.4. The van der Waals surface area contributed by atoms with Gasteiger partial charge in [-0.2, -0.15) is 0 Å². The zero-order valence-electron chi connectivity index (χ0n) is 13.5. The van der Waals surface area contributed by atoms with Crippen molar-refractivity contribution in [1.29, 1.82) is 0 Å². The maximum absolute atomic E-state index is 12.1. The number of esters is 1. The van der Waals surface area contributed by atoms with E-state index in [0.717, 1.165) is 32.1 Å². The van der Waals surface area contributed by atoms with E-state index in [4.69, 9.17) is 9.47 Å². The zero-order valence-corrected chi connectivity index (χ0v) is 13.5. The Hall–Kier alpha value is -1.52. The Balaban J connectivity index is 4.29. The highest BCUT2D eigenvalue weighted by atomic mass is 16.6. The van der Waals surface area contributed by atoms with Gasteiger partial charge in [-0.25, -0.2) is 9.59 Å². The summed E-state index contributed by atoms with van der Waals surface area (Å²) in [6.45, 7) is 9.97. The van der Waals surface area contributed by atoms with E-state index >= 15 is 0 Å². The molecule has 1 amide bonds. The summed E-state index contributed by atoms with van der Waals surface area (Å²) in [5.74, 6) is -0.402. The van der Waals surface area contributed by atoms with Crippen LogP contribution in [0.1, 0.15) is 52.9 Å². The van der Waals surface area contributed by atoms with Crippen LogP contribution >= 0.6 is 0 Å². The molecule has 0 saturated carbocycles. The number of carbonyl (C=O) groups excluding carboxylic acids is 2. The van der Waals surface area contributed by atoms with Crippen molar-refractivity contribution in [3.05, 3.63) is 12.7 Å². The van der Waals surface area contributed by atoms with Crippen LogP contribution in [-0.4, -0.2) is 31.3 Å². The number of nitrogens with one attached hydrogen (secondary N) is 1. The molecule has 0 saturated heterocycles. The number of ether oxygens (including phenoxy) is 2. The lowest BCUT2D eigenvalue weighted by Crippen LogP contribution is -2.46. The average molecular weight is 299 g/mol. The number of alkyl carbamates (subject to hydrolysis) is 1. The van der Waals surface area contributed by atoms with Gasteiger partial charge < -0.3 is 14.8 Å². The number of amides is 1. The molecule has 21 heavy (non-hydrogen) atoms. The first-order chi connectivity index (χ1) is 10.1. The largest absolute Gasteiger partial charge is 0.464 e. The molecule has 122 valence electrons. The van der Waals surface area contributed by atoms with Crippen molar-refractivity contribution in [1.82, 2.24) is 5.32 Å². The van der Waals surface area contributed by atoms with Crippen LogP contribution in [-0.2, 0) is 14.3 Å². The summed E-state index contributed by atoms with van der Waals surface area (Å²) in [6, 6.07) is -0.668. The average Bonchev–Trinajstić information content (AvgIpc) is 2.49. The van der Waals surface area contributed by atoms with Crippen LogP contribution in [0, 0.1) is 5.92 Å². The van der Waals surface area contributed by atoms with Crippen molar-refractivity contribution in [2.75, 3.05) is 13.2 Å².